The van der Waals surface area contributed by atoms with Gasteiger partial charge in [0.2, 0.25) is 5.91 Å². The van der Waals surface area contributed by atoms with Crippen molar-refractivity contribution < 1.29 is 42.9 Å². The maximum Gasteiger partial charge on any atom is 0.407 e. The molecule has 0 radical (unpaired) electrons. The quantitative estimate of drug-likeness (QED) is 0.346. The Labute approximate surface area is 165 Å². The molecule has 2 amide bonds. The Hall–Kier alpha value is -3.02. The Kier molecular flexibility index (Phi) is 5.07. The second-order valence-electron chi connectivity index (χ2n) is 7.13. The van der Waals surface area contributed by atoms with Gasteiger partial charge in [-0.2, -0.15) is 0 Å². The molecule has 11 nitrogen and oxygen atoms in total. The molecule has 2 saturated heterocycles. The number of phenols is 2. The number of nitrogens with zero attached hydrogens (tertiary/aromatic N) is 1. The minimum Gasteiger partial charge on any atom is -0.504 e. The van der Waals surface area contributed by atoms with E-state index < -0.39 is 50.6 Å². The van der Waals surface area contributed by atoms with E-state index in [0.717, 1.165) is 11.8 Å². The van der Waals surface area contributed by atoms with Crippen molar-refractivity contribution in [2.75, 3.05) is 13.2 Å². The Morgan fingerprint density at radius 2 is 2.00 bits per heavy atom. The van der Waals surface area contributed by atoms with Crippen molar-refractivity contribution in [2.24, 2.45) is 0 Å². The summed E-state index contributed by atoms with van der Waals surface area (Å²) in [4.78, 5) is 36.1. The number of rotatable bonds is 6. The summed E-state index contributed by atoms with van der Waals surface area (Å²) in [5.74, 6) is -2.63. The number of fused-ring (bicyclic) bond motifs is 1. The highest BCUT2D eigenvalue weighted by Crippen LogP contribution is 2.46. The highest BCUT2D eigenvalue weighted by Gasteiger charge is 2.70. The van der Waals surface area contributed by atoms with Crippen LogP contribution in [0.25, 0.3) is 0 Å². The van der Waals surface area contributed by atoms with Crippen LogP contribution in [0.2, 0.25) is 0 Å². The van der Waals surface area contributed by atoms with Crippen LogP contribution in [-0.2, 0) is 30.6 Å². The molecule has 1 aromatic carbocycles. The molecule has 2 aliphatic heterocycles. The van der Waals surface area contributed by atoms with E-state index in [-0.39, 0.29) is 24.5 Å². The smallest absolute Gasteiger partial charge is 0.407 e. The number of carboxylic acid groups (broad SMARTS) is 1. The van der Waals surface area contributed by atoms with Crippen molar-refractivity contribution in [1.82, 2.24) is 10.2 Å². The maximum absolute atomic E-state index is 12.7. The van der Waals surface area contributed by atoms with Crippen LogP contribution in [0.1, 0.15) is 18.9 Å². The van der Waals surface area contributed by atoms with Gasteiger partial charge in [-0.15, -0.1) is 0 Å². The molecule has 2 aliphatic rings. The van der Waals surface area contributed by atoms with Crippen molar-refractivity contribution in [3.05, 3.63) is 23.8 Å². The van der Waals surface area contributed by atoms with Crippen LogP contribution in [0.4, 0.5) is 4.79 Å². The molecule has 0 unspecified atom stereocenters. The summed E-state index contributed by atoms with van der Waals surface area (Å²) in [6.45, 7) is 0.514. The monoisotopic (exact) mass is 428 g/mol. The number of nitrogens with one attached hydrogen (secondary N) is 1. The van der Waals surface area contributed by atoms with Gasteiger partial charge in [-0.1, -0.05) is 6.07 Å². The van der Waals surface area contributed by atoms with Gasteiger partial charge in [0.1, 0.15) is 16.7 Å². The fourth-order valence-corrected chi connectivity index (χ4v) is 5.84. The van der Waals surface area contributed by atoms with Crippen LogP contribution < -0.4 is 5.32 Å². The third-order valence-electron chi connectivity index (χ3n) is 5.26. The maximum atomic E-state index is 12.7. The highest BCUT2D eigenvalue weighted by molar-refractivity contribution is 7.94. The molecule has 158 valence electrons. The second-order valence-corrected chi connectivity index (χ2v) is 9.70. The largest absolute Gasteiger partial charge is 0.504 e. The minimum atomic E-state index is -4.06. The van der Waals surface area contributed by atoms with Gasteiger partial charge in [-0.05, 0) is 31.0 Å². The van der Waals surface area contributed by atoms with E-state index in [1.165, 1.54) is 12.1 Å². The van der Waals surface area contributed by atoms with Gasteiger partial charge >= 0.3 is 12.1 Å². The zero-order valence-electron chi connectivity index (χ0n) is 15.4. The van der Waals surface area contributed by atoms with Crippen molar-refractivity contribution in [2.45, 2.75) is 35.9 Å². The molecule has 0 aliphatic carbocycles. The number of carbonyl (C=O) groups excluding carboxylic acids is 2. The number of carbonyl (C=O) groups is 3. The molecule has 12 heteroatoms. The van der Waals surface area contributed by atoms with Crippen molar-refractivity contribution in [3.8, 4) is 11.5 Å². The van der Waals surface area contributed by atoms with Crippen molar-refractivity contribution in [3.63, 3.8) is 0 Å². The number of alkyl carbamates (subject to hydrolysis) is 1. The molecule has 3 rings (SSSR count). The first-order chi connectivity index (χ1) is 13.5. The molecular formula is C17H20N2O9S. The van der Waals surface area contributed by atoms with Crippen molar-refractivity contribution >= 4 is 27.8 Å². The fourth-order valence-electron chi connectivity index (χ4n) is 3.57. The summed E-state index contributed by atoms with van der Waals surface area (Å²) in [7, 11) is -4.06. The zero-order chi connectivity index (χ0) is 21.6. The van der Waals surface area contributed by atoms with E-state index in [0.29, 0.717) is 12.0 Å². The summed E-state index contributed by atoms with van der Waals surface area (Å²) in [6, 6.07) is 2.54. The number of β-lactam (4-membered cyclic amide) rings is 1. The minimum absolute atomic E-state index is 0.0854. The van der Waals surface area contributed by atoms with E-state index >= 15 is 0 Å². The van der Waals surface area contributed by atoms with E-state index in [9.17, 15) is 38.1 Å². The number of sulfone groups is 1. The van der Waals surface area contributed by atoms with Crippen LogP contribution in [0.15, 0.2) is 18.2 Å². The number of hydrogen-bond acceptors (Lipinski definition) is 8. The van der Waals surface area contributed by atoms with Crippen LogP contribution in [0.3, 0.4) is 0 Å². The third-order valence-corrected chi connectivity index (χ3v) is 8.01. The Bertz CT molecular complexity index is 977. The van der Waals surface area contributed by atoms with Gasteiger partial charge in [-0.3, -0.25) is 4.79 Å². The van der Waals surface area contributed by atoms with Crippen LogP contribution in [0, 0.1) is 0 Å². The van der Waals surface area contributed by atoms with Gasteiger partial charge in [0.25, 0.3) is 0 Å². The average molecular weight is 428 g/mol. The molecule has 2 fully saturated rings. The molecule has 1 aromatic rings. The lowest BCUT2D eigenvalue weighted by atomic mass is 9.97. The van der Waals surface area contributed by atoms with E-state index in [4.69, 9.17) is 4.74 Å². The topological polar surface area (TPSA) is 171 Å². The van der Waals surface area contributed by atoms with E-state index in [2.05, 4.69) is 5.32 Å². The molecule has 2 heterocycles. The molecule has 3 atom stereocenters. The summed E-state index contributed by atoms with van der Waals surface area (Å²) in [6.07, 6.45) is -0.942. The number of aliphatic carboxylic acids is 1. The summed E-state index contributed by atoms with van der Waals surface area (Å²) in [5, 5.41) is 29.3. The molecule has 0 bridgehead atoms. The van der Waals surface area contributed by atoms with Gasteiger partial charge in [0, 0.05) is 6.54 Å². The summed E-state index contributed by atoms with van der Waals surface area (Å²) in [5.41, 5.74) is 0.625. The molecule has 29 heavy (non-hydrogen) atoms. The predicted octanol–water partition coefficient (Wildman–Crippen LogP) is -0.435. The Morgan fingerprint density at radius 3 is 2.59 bits per heavy atom. The second kappa shape index (κ2) is 7.10. The number of ether oxygens (including phenoxy) is 1. The molecule has 4 N–H and O–H groups in total. The number of aromatic hydroxyl groups is 2. The lowest BCUT2D eigenvalue weighted by molar-refractivity contribution is -0.158. The number of amides is 2. The summed E-state index contributed by atoms with van der Waals surface area (Å²) < 4.78 is 28.4. The number of benzene rings is 1. The average Bonchev–Trinajstić information content (AvgIpc) is 2.78. The number of phenolic OH excluding ortho intramolecular Hbond substituents is 2. The van der Waals surface area contributed by atoms with E-state index in [1.54, 1.807) is 6.07 Å². The highest BCUT2D eigenvalue weighted by atomic mass is 32.2. The Balaban J connectivity index is 1.60. The standard InChI is InChI=1S/C17H20N2O9S/c1-17(14(15(23)24)19-12(22)7-13(19)29(17,26)27)8-28-16(25)18-5-4-9-2-3-10(20)11(21)6-9/h2-3,6,13-14,20-21H,4-5,7-8H2,1H3,(H,18,25)(H,23,24)/t13-,14-,17+/m1/s1. The predicted molar refractivity (Wildman–Crippen MR) is 96.8 cm³/mol. The van der Waals surface area contributed by atoms with Crippen LogP contribution in [-0.4, -0.2) is 75.9 Å². The molecule has 0 aromatic heterocycles. The van der Waals surface area contributed by atoms with E-state index in [1.807, 2.05) is 0 Å². The SMILES string of the molecule is C[C@]1(COC(=O)NCCc2ccc(O)c(O)c2)[C@@H](C(=O)O)N2C(=O)C[C@H]2S1(=O)=O. The first kappa shape index (κ1) is 20.7. The van der Waals surface area contributed by atoms with Gasteiger partial charge in [0.05, 0.1) is 6.42 Å². The van der Waals surface area contributed by atoms with Gasteiger partial charge in [0.15, 0.2) is 27.4 Å². The first-order valence-corrected chi connectivity index (χ1v) is 10.2. The lowest BCUT2D eigenvalue weighted by Gasteiger charge is -2.35. The normalized spacial score (nSPS) is 27.1. The molecule has 0 saturated carbocycles. The molecular weight excluding hydrogens is 408 g/mol. The van der Waals surface area contributed by atoms with Crippen LogP contribution >= 0.6 is 0 Å². The lowest BCUT2D eigenvalue weighted by Crippen LogP contribution is -2.58. The summed E-state index contributed by atoms with van der Waals surface area (Å²) >= 11 is 0. The Morgan fingerprint density at radius 1 is 1.31 bits per heavy atom. The van der Waals surface area contributed by atoms with Gasteiger partial charge < -0.3 is 30.3 Å². The first-order valence-electron chi connectivity index (χ1n) is 8.68. The van der Waals surface area contributed by atoms with Gasteiger partial charge in [-0.25, -0.2) is 18.0 Å². The molecule has 0 spiro atoms. The van der Waals surface area contributed by atoms with Crippen LogP contribution in [0.5, 0.6) is 11.5 Å². The zero-order valence-corrected chi connectivity index (χ0v) is 16.2. The third kappa shape index (κ3) is 3.33. The van der Waals surface area contributed by atoms with Crippen molar-refractivity contribution in [1.29, 1.82) is 0 Å². The fraction of sp³-hybridized carbons (Fsp3) is 0.471. The number of hydrogen-bond donors (Lipinski definition) is 4. The number of carboxylic acids is 1.